The zero-order valence-corrected chi connectivity index (χ0v) is 16.9. The fraction of sp³-hybridized carbons (Fsp3) is 0.250. The predicted octanol–water partition coefficient (Wildman–Crippen LogP) is 4.22. The molecule has 0 saturated heterocycles. The Balaban J connectivity index is 1.71. The van der Waals surface area contributed by atoms with Crippen LogP contribution in [0.1, 0.15) is 11.8 Å². The Kier molecular flexibility index (Phi) is 5.87. The lowest BCUT2D eigenvalue weighted by Crippen LogP contribution is -2.14. The van der Waals surface area contributed by atoms with Crippen molar-refractivity contribution in [3.05, 3.63) is 39.8 Å². The van der Waals surface area contributed by atoms with E-state index in [1.807, 2.05) is 42.7 Å². The quantitative estimate of drug-likeness (QED) is 0.584. The number of rotatable bonds is 6. The van der Waals surface area contributed by atoms with Gasteiger partial charge in [0.1, 0.15) is 0 Å². The number of aryl methyl sites for hydroxylation is 1. The first-order valence-corrected chi connectivity index (χ1v) is 10.2. The molecule has 3 aromatic rings. The molecule has 0 aliphatic heterocycles. The molecule has 0 bridgehead atoms. The maximum atomic E-state index is 12.1. The van der Waals surface area contributed by atoms with Crippen LogP contribution in [0.5, 0.6) is 0 Å². The highest BCUT2D eigenvalue weighted by Gasteiger charge is 2.16. The number of thioether (sulfide) groups is 1. The molecule has 1 aromatic carbocycles. The maximum Gasteiger partial charge on any atom is 0.236 e. The van der Waals surface area contributed by atoms with Gasteiger partial charge in [0.2, 0.25) is 5.91 Å². The third kappa shape index (κ3) is 4.28. The summed E-state index contributed by atoms with van der Waals surface area (Å²) in [5, 5.41) is 12.7. The van der Waals surface area contributed by atoms with Crippen LogP contribution in [0.15, 0.2) is 40.1 Å². The molecular formula is C16H16BrN5OS2. The van der Waals surface area contributed by atoms with Crippen LogP contribution in [-0.4, -0.2) is 31.4 Å². The molecule has 0 radical (unpaired) electrons. The van der Waals surface area contributed by atoms with E-state index >= 15 is 0 Å². The van der Waals surface area contributed by atoms with Gasteiger partial charge in [-0.3, -0.25) is 4.79 Å². The molecule has 2 heterocycles. The minimum atomic E-state index is -0.104. The van der Waals surface area contributed by atoms with Gasteiger partial charge in [-0.05, 0) is 19.9 Å². The summed E-state index contributed by atoms with van der Waals surface area (Å²) >= 11 is 6.37. The lowest BCUT2D eigenvalue weighted by Gasteiger charge is -2.08. The summed E-state index contributed by atoms with van der Waals surface area (Å²) in [4.78, 5) is 17.3. The Hall–Kier alpha value is -1.71. The summed E-state index contributed by atoms with van der Waals surface area (Å²) in [6, 6.07) is 7.89. The van der Waals surface area contributed by atoms with Gasteiger partial charge in [0.05, 0.1) is 5.75 Å². The molecule has 1 amide bonds. The van der Waals surface area contributed by atoms with Crippen molar-refractivity contribution in [3.63, 3.8) is 0 Å². The van der Waals surface area contributed by atoms with Crippen LogP contribution in [0.3, 0.4) is 0 Å². The van der Waals surface area contributed by atoms with E-state index in [9.17, 15) is 4.79 Å². The number of hydrogen-bond donors (Lipinski definition) is 1. The molecule has 0 fully saturated rings. The number of hydrogen-bond acceptors (Lipinski definition) is 6. The second-order valence-electron chi connectivity index (χ2n) is 5.14. The van der Waals surface area contributed by atoms with Crippen LogP contribution in [0.25, 0.3) is 11.4 Å². The Morgan fingerprint density at radius 1 is 1.36 bits per heavy atom. The fourth-order valence-corrected chi connectivity index (χ4v) is 4.17. The highest BCUT2D eigenvalue weighted by atomic mass is 79.9. The SMILES string of the molecule is CCn1c(SCC(=O)Nc2ncc(C)s2)nnc1-c1ccccc1Br. The lowest BCUT2D eigenvalue weighted by atomic mass is 10.2. The predicted molar refractivity (Wildman–Crippen MR) is 105 cm³/mol. The smallest absolute Gasteiger partial charge is 0.236 e. The third-order valence-electron chi connectivity index (χ3n) is 3.35. The number of nitrogens with one attached hydrogen (secondary N) is 1. The Labute approximate surface area is 162 Å². The van der Waals surface area contributed by atoms with E-state index in [0.29, 0.717) is 5.13 Å². The molecule has 130 valence electrons. The zero-order chi connectivity index (χ0) is 17.8. The summed E-state index contributed by atoms with van der Waals surface area (Å²) in [5.74, 6) is 0.938. The largest absolute Gasteiger partial charge is 0.302 e. The van der Waals surface area contributed by atoms with E-state index in [-0.39, 0.29) is 11.7 Å². The lowest BCUT2D eigenvalue weighted by molar-refractivity contribution is -0.113. The highest BCUT2D eigenvalue weighted by Crippen LogP contribution is 2.29. The molecule has 0 spiro atoms. The van der Waals surface area contributed by atoms with Gasteiger partial charge in [-0.2, -0.15) is 0 Å². The van der Waals surface area contributed by atoms with E-state index in [1.165, 1.54) is 23.1 Å². The van der Waals surface area contributed by atoms with Crippen molar-refractivity contribution in [1.29, 1.82) is 0 Å². The fourth-order valence-electron chi connectivity index (χ4n) is 2.22. The van der Waals surface area contributed by atoms with E-state index in [4.69, 9.17) is 0 Å². The summed E-state index contributed by atoms with van der Waals surface area (Å²) in [6.07, 6.45) is 1.74. The van der Waals surface area contributed by atoms with E-state index in [0.717, 1.165) is 32.4 Å². The van der Waals surface area contributed by atoms with Gasteiger partial charge in [0.15, 0.2) is 16.1 Å². The van der Waals surface area contributed by atoms with Crippen LogP contribution < -0.4 is 5.32 Å². The van der Waals surface area contributed by atoms with Gasteiger partial charge in [0.25, 0.3) is 0 Å². The van der Waals surface area contributed by atoms with Gasteiger partial charge >= 0.3 is 0 Å². The van der Waals surface area contributed by atoms with Crippen LogP contribution in [0, 0.1) is 6.92 Å². The molecule has 6 nitrogen and oxygen atoms in total. The highest BCUT2D eigenvalue weighted by molar-refractivity contribution is 9.10. The maximum absolute atomic E-state index is 12.1. The van der Waals surface area contributed by atoms with Crippen molar-refractivity contribution in [2.24, 2.45) is 0 Å². The van der Waals surface area contributed by atoms with Crippen molar-refractivity contribution in [3.8, 4) is 11.4 Å². The molecule has 1 N–H and O–H groups in total. The second-order valence-corrected chi connectivity index (χ2v) is 8.17. The number of aromatic nitrogens is 4. The molecule has 0 aliphatic rings. The van der Waals surface area contributed by atoms with Crippen LogP contribution >= 0.6 is 39.0 Å². The average molecular weight is 438 g/mol. The molecule has 3 rings (SSSR count). The number of thiazole rings is 1. The number of halogens is 1. The summed E-state index contributed by atoms with van der Waals surface area (Å²) in [5.41, 5.74) is 0.978. The molecular weight excluding hydrogens is 422 g/mol. The van der Waals surface area contributed by atoms with Gasteiger partial charge < -0.3 is 9.88 Å². The first-order valence-electron chi connectivity index (χ1n) is 7.61. The minimum absolute atomic E-state index is 0.104. The summed E-state index contributed by atoms with van der Waals surface area (Å²) < 4.78 is 2.97. The van der Waals surface area contributed by atoms with E-state index in [1.54, 1.807) is 6.20 Å². The Bertz CT molecular complexity index is 892. The molecule has 25 heavy (non-hydrogen) atoms. The molecule has 0 atom stereocenters. The van der Waals surface area contributed by atoms with Crippen molar-refractivity contribution >= 4 is 50.1 Å². The standard InChI is InChI=1S/C16H16BrN5OS2/c1-3-22-14(11-6-4-5-7-12(11)17)20-21-16(22)24-9-13(23)19-15-18-8-10(2)25-15/h4-8H,3,9H2,1-2H3,(H,18,19,23). The normalized spacial score (nSPS) is 10.8. The first kappa shape index (κ1) is 18.1. The van der Waals surface area contributed by atoms with Crippen LogP contribution in [0.2, 0.25) is 0 Å². The van der Waals surface area contributed by atoms with Crippen LogP contribution in [-0.2, 0) is 11.3 Å². The van der Waals surface area contributed by atoms with Crippen molar-refractivity contribution in [2.75, 3.05) is 11.1 Å². The van der Waals surface area contributed by atoms with Crippen LogP contribution in [0.4, 0.5) is 5.13 Å². The Morgan fingerprint density at radius 2 is 2.16 bits per heavy atom. The monoisotopic (exact) mass is 437 g/mol. The number of carbonyl (C=O) groups is 1. The average Bonchev–Trinajstić information content (AvgIpc) is 3.19. The number of amides is 1. The summed E-state index contributed by atoms with van der Waals surface area (Å²) in [7, 11) is 0. The number of anilines is 1. The number of nitrogens with zero attached hydrogens (tertiary/aromatic N) is 4. The number of carbonyl (C=O) groups excluding carboxylic acids is 1. The minimum Gasteiger partial charge on any atom is -0.302 e. The summed E-state index contributed by atoms with van der Waals surface area (Å²) in [6.45, 7) is 4.71. The van der Waals surface area contributed by atoms with E-state index in [2.05, 4.69) is 36.4 Å². The van der Waals surface area contributed by atoms with Crippen molar-refractivity contribution in [2.45, 2.75) is 25.5 Å². The molecule has 0 unspecified atom stereocenters. The van der Waals surface area contributed by atoms with Gasteiger partial charge in [0, 0.05) is 27.7 Å². The first-order chi connectivity index (χ1) is 12.1. The Morgan fingerprint density at radius 3 is 2.84 bits per heavy atom. The van der Waals surface area contributed by atoms with Gasteiger partial charge in [-0.15, -0.1) is 21.5 Å². The molecule has 2 aromatic heterocycles. The van der Waals surface area contributed by atoms with Crippen molar-refractivity contribution < 1.29 is 4.79 Å². The molecule has 0 aliphatic carbocycles. The molecule has 9 heteroatoms. The van der Waals surface area contributed by atoms with Crippen molar-refractivity contribution in [1.82, 2.24) is 19.7 Å². The zero-order valence-electron chi connectivity index (χ0n) is 13.7. The molecule has 0 saturated carbocycles. The van der Waals surface area contributed by atoms with Gasteiger partial charge in [-0.1, -0.05) is 45.9 Å². The van der Waals surface area contributed by atoms with E-state index < -0.39 is 0 Å². The second kappa shape index (κ2) is 8.11. The van der Waals surface area contributed by atoms with Gasteiger partial charge in [-0.25, -0.2) is 4.98 Å². The number of benzene rings is 1. The topological polar surface area (TPSA) is 72.7 Å². The third-order valence-corrected chi connectivity index (χ3v) is 5.83.